The first-order valence-corrected chi connectivity index (χ1v) is 10.9. The number of piperazine rings is 1. The molecule has 174 valence electrons. The molecule has 3 atom stereocenters. The molecule has 1 aromatic heterocycles. The van der Waals surface area contributed by atoms with Crippen LogP contribution in [0.2, 0.25) is 0 Å². The number of pyridine rings is 1. The number of aromatic nitrogens is 1. The Morgan fingerprint density at radius 2 is 1.97 bits per heavy atom. The number of anilines is 1. The van der Waals surface area contributed by atoms with Gasteiger partial charge in [0.15, 0.2) is 11.5 Å². The summed E-state index contributed by atoms with van der Waals surface area (Å²) in [7, 11) is 3.09. The van der Waals surface area contributed by atoms with E-state index in [9.17, 15) is 14.4 Å². The zero-order valence-corrected chi connectivity index (χ0v) is 19.0. The van der Waals surface area contributed by atoms with E-state index in [0.29, 0.717) is 35.7 Å². The molecule has 3 saturated heterocycles. The fourth-order valence-corrected chi connectivity index (χ4v) is 5.25. The van der Waals surface area contributed by atoms with Crippen LogP contribution in [0.5, 0.6) is 11.5 Å². The summed E-state index contributed by atoms with van der Waals surface area (Å²) in [5, 5.41) is 9.11. The average molecular weight is 461 g/mol. The van der Waals surface area contributed by atoms with Crippen molar-refractivity contribution >= 4 is 23.5 Å². The molecule has 3 aliphatic rings. The Bertz CT molecular complexity index is 1250. The summed E-state index contributed by atoms with van der Waals surface area (Å²) in [6, 6.07) is 7.24. The highest BCUT2D eigenvalue weighted by atomic mass is 16.5. The quantitative estimate of drug-likeness (QED) is 0.622. The molecule has 2 unspecified atom stereocenters. The number of rotatable bonds is 5. The number of likely N-dealkylation sites (tertiary alicyclic amines) is 1. The van der Waals surface area contributed by atoms with E-state index in [0.717, 1.165) is 10.5 Å². The van der Waals surface area contributed by atoms with E-state index in [-0.39, 0.29) is 36.0 Å². The number of aryl methyl sites for hydroxylation is 1. The zero-order valence-electron chi connectivity index (χ0n) is 19.0. The second-order valence-corrected chi connectivity index (χ2v) is 8.65. The molecular formula is C24H23N5O5. The summed E-state index contributed by atoms with van der Waals surface area (Å²) in [4.78, 5) is 48.2. The van der Waals surface area contributed by atoms with E-state index in [1.807, 2.05) is 12.1 Å². The third-order valence-electron chi connectivity index (χ3n) is 6.82. The maximum atomic E-state index is 13.3. The number of benzene rings is 1. The van der Waals surface area contributed by atoms with Gasteiger partial charge in [0.2, 0.25) is 5.91 Å². The Labute approximate surface area is 196 Å². The minimum Gasteiger partial charge on any atom is -0.493 e. The predicted molar refractivity (Wildman–Crippen MR) is 119 cm³/mol. The first-order valence-electron chi connectivity index (χ1n) is 10.9. The van der Waals surface area contributed by atoms with Crippen molar-refractivity contribution in [2.24, 2.45) is 0 Å². The van der Waals surface area contributed by atoms with Crippen molar-refractivity contribution in [2.75, 3.05) is 25.7 Å². The lowest BCUT2D eigenvalue weighted by molar-refractivity contribution is -0.135. The summed E-state index contributed by atoms with van der Waals surface area (Å²) in [6.45, 7) is 2.10. The molecule has 34 heavy (non-hydrogen) atoms. The largest absolute Gasteiger partial charge is 0.493 e. The Hall–Kier alpha value is -4.13. The molecule has 10 heteroatoms. The number of urea groups is 1. The molecule has 1 aromatic carbocycles. The fourth-order valence-electron chi connectivity index (χ4n) is 5.25. The molecule has 0 N–H and O–H groups in total. The Morgan fingerprint density at radius 1 is 1.21 bits per heavy atom. The van der Waals surface area contributed by atoms with Gasteiger partial charge in [0.25, 0.3) is 5.91 Å². The van der Waals surface area contributed by atoms with Gasteiger partial charge < -0.3 is 19.3 Å². The number of fused-ring (bicyclic) bond motifs is 5. The van der Waals surface area contributed by atoms with E-state index < -0.39 is 12.1 Å². The molecule has 10 nitrogen and oxygen atoms in total. The third-order valence-corrected chi connectivity index (χ3v) is 6.82. The van der Waals surface area contributed by atoms with Gasteiger partial charge in [-0.1, -0.05) is 6.07 Å². The van der Waals surface area contributed by atoms with Crippen LogP contribution < -0.4 is 14.4 Å². The summed E-state index contributed by atoms with van der Waals surface area (Å²) in [6.07, 6.45) is 2.10. The van der Waals surface area contributed by atoms with Crippen molar-refractivity contribution in [1.29, 1.82) is 5.26 Å². The van der Waals surface area contributed by atoms with E-state index >= 15 is 0 Å². The van der Waals surface area contributed by atoms with Crippen molar-refractivity contribution in [2.45, 2.75) is 37.9 Å². The minimum absolute atomic E-state index is 0.103. The van der Waals surface area contributed by atoms with Crippen LogP contribution in [0, 0.1) is 18.3 Å². The number of ether oxygens (including phenoxy) is 2. The highest BCUT2D eigenvalue weighted by molar-refractivity contribution is 6.22. The van der Waals surface area contributed by atoms with Crippen LogP contribution in [0.3, 0.4) is 0 Å². The van der Waals surface area contributed by atoms with Gasteiger partial charge in [0.1, 0.15) is 17.8 Å². The molecular weight excluding hydrogens is 438 g/mol. The maximum Gasteiger partial charge on any atom is 0.332 e. The summed E-state index contributed by atoms with van der Waals surface area (Å²) >= 11 is 0. The first kappa shape index (κ1) is 21.7. The molecule has 0 radical (unpaired) electrons. The lowest BCUT2D eigenvalue weighted by Crippen LogP contribution is -2.55. The van der Waals surface area contributed by atoms with Gasteiger partial charge in [-0.15, -0.1) is 0 Å². The fraction of sp³-hybridized carbons (Fsp3) is 0.375. The van der Waals surface area contributed by atoms with Crippen LogP contribution in [-0.4, -0.2) is 71.5 Å². The normalized spacial score (nSPS) is 22.8. The third kappa shape index (κ3) is 3.15. The van der Waals surface area contributed by atoms with Crippen molar-refractivity contribution < 1.29 is 23.9 Å². The van der Waals surface area contributed by atoms with Gasteiger partial charge in [-0.2, -0.15) is 5.26 Å². The average Bonchev–Trinajstić information content (AvgIpc) is 3.50. The van der Waals surface area contributed by atoms with Gasteiger partial charge in [-0.05, 0) is 42.7 Å². The standard InChI is InChI=1S/C24H23N5O5/c1-13-6-15(11-26-17(13)10-25)29-23(31)22-18-9-16(28(22)24(29)32)12-27(18)21(30)8-14-4-5-19(33-2)20(7-14)34-3/h4-7,11,16,18,22H,8-9,12H2,1-3H3/t16-,18?,22?/m1/s1. The minimum atomic E-state index is -0.712. The van der Waals surface area contributed by atoms with Crippen molar-refractivity contribution in [3.63, 3.8) is 0 Å². The SMILES string of the molecule is COc1ccc(CC(=O)N2C[C@H]3CC2C2C(=O)N(c4cnc(C#N)c(C)c4)C(=O)N23)cc1OC. The highest BCUT2D eigenvalue weighted by Gasteiger charge is 2.62. The molecule has 0 aliphatic carbocycles. The van der Waals surface area contributed by atoms with Crippen LogP contribution in [0.15, 0.2) is 30.5 Å². The van der Waals surface area contributed by atoms with Crippen LogP contribution >= 0.6 is 0 Å². The van der Waals surface area contributed by atoms with Gasteiger partial charge in [-0.3, -0.25) is 9.59 Å². The van der Waals surface area contributed by atoms with Crippen molar-refractivity contribution in [3.05, 3.63) is 47.3 Å². The molecule has 0 spiro atoms. The van der Waals surface area contributed by atoms with Gasteiger partial charge in [-0.25, -0.2) is 14.7 Å². The number of carbonyl (C=O) groups is 3. The van der Waals surface area contributed by atoms with Crippen molar-refractivity contribution in [3.8, 4) is 17.6 Å². The van der Waals surface area contributed by atoms with E-state index in [2.05, 4.69) is 4.98 Å². The number of nitrogens with zero attached hydrogens (tertiary/aromatic N) is 5. The van der Waals surface area contributed by atoms with E-state index in [1.54, 1.807) is 42.0 Å². The summed E-state index contributed by atoms with van der Waals surface area (Å²) in [5.41, 5.74) is 1.94. The molecule has 4 heterocycles. The maximum absolute atomic E-state index is 13.3. The van der Waals surface area contributed by atoms with Crippen LogP contribution in [0.25, 0.3) is 0 Å². The number of nitriles is 1. The molecule has 3 fully saturated rings. The van der Waals surface area contributed by atoms with Crippen LogP contribution in [0.1, 0.15) is 23.2 Å². The number of hydrogen-bond donors (Lipinski definition) is 0. The molecule has 0 saturated carbocycles. The topological polar surface area (TPSA) is 116 Å². The lowest BCUT2D eigenvalue weighted by atomic mass is 10.1. The highest BCUT2D eigenvalue weighted by Crippen LogP contribution is 2.42. The molecule has 2 aromatic rings. The molecule has 3 aliphatic heterocycles. The van der Waals surface area contributed by atoms with Crippen LogP contribution in [-0.2, 0) is 16.0 Å². The number of carbonyl (C=O) groups excluding carboxylic acids is 3. The number of hydrogen-bond acceptors (Lipinski definition) is 7. The lowest BCUT2D eigenvalue weighted by Gasteiger charge is -2.35. The van der Waals surface area contributed by atoms with E-state index in [1.165, 1.54) is 13.3 Å². The Balaban J connectivity index is 1.36. The predicted octanol–water partition coefficient (Wildman–Crippen LogP) is 1.64. The second-order valence-electron chi connectivity index (χ2n) is 8.65. The second kappa shape index (κ2) is 8.02. The Morgan fingerprint density at radius 3 is 2.65 bits per heavy atom. The monoisotopic (exact) mass is 461 g/mol. The van der Waals surface area contributed by atoms with Gasteiger partial charge in [0.05, 0.1) is 44.6 Å². The number of imide groups is 1. The van der Waals surface area contributed by atoms with E-state index in [4.69, 9.17) is 14.7 Å². The Kier molecular flexibility index (Phi) is 5.12. The zero-order chi connectivity index (χ0) is 24.1. The van der Waals surface area contributed by atoms with Crippen molar-refractivity contribution in [1.82, 2.24) is 14.8 Å². The molecule has 4 amide bonds. The summed E-state index contributed by atoms with van der Waals surface area (Å²) < 4.78 is 10.6. The smallest absolute Gasteiger partial charge is 0.332 e. The molecule has 5 rings (SSSR count). The number of methoxy groups -OCH3 is 2. The van der Waals surface area contributed by atoms with Gasteiger partial charge in [0, 0.05) is 6.54 Å². The van der Waals surface area contributed by atoms with Gasteiger partial charge >= 0.3 is 6.03 Å². The first-order chi connectivity index (χ1) is 16.4. The van der Waals surface area contributed by atoms with Crippen LogP contribution in [0.4, 0.5) is 10.5 Å². The summed E-state index contributed by atoms with van der Waals surface area (Å²) in [5.74, 6) is 0.652. The molecule has 2 bridgehead atoms. The number of amides is 4.